The Morgan fingerprint density at radius 3 is 2.71 bits per heavy atom. The highest BCUT2D eigenvalue weighted by Crippen LogP contribution is 2.52. The van der Waals surface area contributed by atoms with Gasteiger partial charge >= 0.3 is 0 Å². The molecule has 0 aromatic carbocycles. The van der Waals surface area contributed by atoms with E-state index in [1.54, 1.807) is 0 Å². The Hall–Kier alpha value is -0.460. The summed E-state index contributed by atoms with van der Waals surface area (Å²) in [6.07, 6.45) is 7.36. The van der Waals surface area contributed by atoms with Crippen molar-refractivity contribution in [1.29, 1.82) is 0 Å². The Morgan fingerprint density at radius 1 is 1.29 bits per heavy atom. The fraction of sp³-hybridized carbons (Fsp3) is 0.846. The first-order valence-electron chi connectivity index (χ1n) is 5.80. The van der Waals surface area contributed by atoms with Gasteiger partial charge in [-0.2, -0.15) is 0 Å². The maximum atomic E-state index is 6.07. The fourth-order valence-electron chi connectivity index (χ4n) is 3.45. The second-order valence-corrected chi connectivity index (χ2v) is 5.86. The van der Waals surface area contributed by atoms with Crippen LogP contribution in [0.2, 0.25) is 0 Å². The molecule has 0 spiro atoms. The van der Waals surface area contributed by atoms with E-state index >= 15 is 0 Å². The van der Waals surface area contributed by atoms with Crippen LogP contribution in [0, 0.1) is 11.3 Å². The Balaban J connectivity index is 2.30. The van der Waals surface area contributed by atoms with Gasteiger partial charge in [0.25, 0.3) is 0 Å². The van der Waals surface area contributed by atoms with Gasteiger partial charge in [-0.15, -0.1) is 0 Å². The summed E-state index contributed by atoms with van der Waals surface area (Å²) in [7, 11) is 0. The largest absolute Gasteiger partial charge is 0.492 e. The Labute approximate surface area is 87.5 Å². The normalized spacial score (nSPS) is 40.9. The molecule has 1 aliphatic carbocycles. The SMILES string of the molecule is CC1=CCC2C(C)(C)CCCC2(C)O1. The van der Waals surface area contributed by atoms with Crippen LogP contribution in [0.3, 0.4) is 0 Å². The first-order valence-corrected chi connectivity index (χ1v) is 5.80. The average Bonchev–Trinajstić information content (AvgIpc) is 2.00. The first kappa shape index (κ1) is 10.1. The number of hydrogen-bond donors (Lipinski definition) is 0. The third-order valence-electron chi connectivity index (χ3n) is 4.21. The van der Waals surface area contributed by atoms with Crippen LogP contribution in [0.15, 0.2) is 11.8 Å². The molecule has 0 saturated heterocycles. The molecule has 0 aromatic heterocycles. The lowest BCUT2D eigenvalue weighted by Crippen LogP contribution is -2.49. The number of allylic oxidation sites excluding steroid dienone is 2. The maximum Gasteiger partial charge on any atom is 0.109 e. The van der Waals surface area contributed by atoms with Crippen LogP contribution in [0.4, 0.5) is 0 Å². The molecule has 0 bridgehead atoms. The molecule has 2 rings (SSSR count). The lowest BCUT2D eigenvalue weighted by Gasteiger charge is -2.52. The zero-order valence-electron chi connectivity index (χ0n) is 9.89. The number of ether oxygens (including phenoxy) is 1. The summed E-state index contributed by atoms with van der Waals surface area (Å²) in [6, 6.07) is 0. The van der Waals surface area contributed by atoms with Crippen molar-refractivity contribution in [1.82, 2.24) is 0 Å². The van der Waals surface area contributed by atoms with E-state index < -0.39 is 0 Å². The van der Waals surface area contributed by atoms with Crippen LogP contribution < -0.4 is 0 Å². The predicted octanol–water partition coefficient (Wildman–Crippen LogP) is 3.90. The van der Waals surface area contributed by atoms with E-state index in [0.717, 1.165) is 5.76 Å². The van der Waals surface area contributed by atoms with Gasteiger partial charge in [-0.25, -0.2) is 0 Å². The van der Waals surface area contributed by atoms with Gasteiger partial charge in [0, 0.05) is 5.92 Å². The highest BCUT2D eigenvalue weighted by molar-refractivity contribution is 5.08. The minimum atomic E-state index is 0.112. The van der Waals surface area contributed by atoms with E-state index in [1.165, 1.54) is 25.7 Å². The summed E-state index contributed by atoms with van der Waals surface area (Å²) >= 11 is 0. The van der Waals surface area contributed by atoms with Crippen molar-refractivity contribution in [2.45, 2.75) is 59.0 Å². The van der Waals surface area contributed by atoms with E-state index in [1.807, 2.05) is 0 Å². The van der Waals surface area contributed by atoms with Gasteiger partial charge in [-0.3, -0.25) is 0 Å². The molecule has 2 unspecified atom stereocenters. The van der Waals surface area contributed by atoms with E-state index in [0.29, 0.717) is 11.3 Å². The molecule has 1 nitrogen and oxygen atoms in total. The topological polar surface area (TPSA) is 9.23 Å². The summed E-state index contributed by atoms with van der Waals surface area (Å²) < 4.78 is 6.07. The summed E-state index contributed by atoms with van der Waals surface area (Å²) in [5, 5.41) is 0. The van der Waals surface area contributed by atoms with Gasteiger partial charge < -0.3 is 4.74 Å². The third-order valence-corrected chi connectivity index (χ3v) is 4.21. The van der Waals surface area contributed by atoms with Crippen molar-refractivity contribution in [2.24, 2.45) is 11.3 Å². The van der Waals surface area contributed by atoms with Crippen molar-refractivity contribution >= 4 is 0 Å². The molecule has 0 aromatic rings. The molecule has 1 heterocycles. The lowest BCUT2D eigenvalue weighted by atomic mass is 9.60. The standard InChI is InChI=1S/C13H22O/c1-10-6-7-11-12(2,3)8-5-9-13(11,4)14-10/h6,11H,5,7-9H2,1-4H3. The van der Waals surface area contributed by atoms with Crippen LogP contribution in [-0.4, -0.2) is 5.60 Å². The molecule has 1 aliphatic heterocycles. The number of rotatable bonds is 0. The van der Waals surface area contributed by atoms with Crippen molar-refractivity contribution < 1.29 is 4.74 Å². The number of hydrogen-bond acceptors (Lipinski definition) is 1. The molecule has 1 fully saturated rings. The van der Waals surface area contributed by atoms with Crippen LogP contribution in [0.25, 0.3) is 0 Å². The van der Waals surface area contributed by atoms with Gasteiger partial charge in [-0.1, -0.05) is 13.8 Å². The highest BCUT2D eigenvalue weighted by Gasteiger charge is 2.48. The third kappa shape index (κ3) is 1.47. The van der Waals surface area contributed by atoms with Crippen molar-refractivity contribution in [3.05, 3.63) is 11.8 Å². The smallest absolute Gasteiger partial charge is 0.109 e. The van der Waals surface area contributed by atoms with E-state index in [2.05, 4.69) is 33.8 Å². The second kappa shape index (κ2) is 3.01. The minimum Gasteiger partial charge on any atom is -0.492 e. The van der Waals surface area contributed by atoms with Gasteiger partial charge in [0.1, 0.15) is 5.60 Å². The zero-order valence-corrected chi connectivity index (χ0v) is 9.89. The monoisotopic (exact) mass is 194 g/mol. The summed E-state index contributed by atoms with van der Waals surface area (Å²) in [5.41, 5.74) is 0.560. The summed E-state index contributed by atoms with van der Waals surface area (Å²) in [4.78, 5) is 0. The van der Waals surface area contributed by atoms with Crippen molar-refractivity contribution in [3.63, 3.8) is 0 Å². The van der Waals surface area contributed by atoms with Gasteiger partial charge in [0.05, 0.1) is 5.76 Å². The molecule has 1 saturated carbocycles. The predicted molar refractivity (Wildman–Crippen MR) is 59.0 cm³/mol. The average molecular weight is 194 g/mol. The quantitative estimate of drug-likeness (QED) is 0.568. The van der Waals surface area contributed by atoms with Crippen LogP contribution in [-0.2, 0) is 4.74 Å². The highest BCUT2D eigenvalue weighted by atomic mass is 16.5. The molecule has 0 N–H and O–H groups in total. The Bertz CT molecular complexity index is 264. The second-order valence-electron chi connectivity index (χ2n) is 5.86. The van der Waals surface area contributed by atoms with Crippen LogP contribution in [0.5, 0.6) is 0 Å². The lowest BCUT2D eigenvalue weighted by molar-refractivity contribution is -0.117. The number of fused-ring (bicyclic) bond motifs is 1. The van der Waals surface area contributed by atoms with E-state index in [-0.39, 0.29) is 5.60 Å². The van der Waals surface area contributed by atoms with Gasteiger partial charge in [0.15, 0.2) is 0 Å². The summed E-state index contributed by atoms with van der Waals surface area (Å²) in [5.74, 6) is 1.83. The molecule has 2 atom stereocenters. The molecule has 80 valence electrons. The van der Waals surface area contributed by atoms with Crippen molar-refractivity contribution in [3.8, 4) is 0 Å². The molecule has 0 amide bonds. The fourth-order valence-corrected chi connectivity index (χ4v) is 3.45. The van der Waals surface area contributed by atoms with E-state index in [4.69, 9.17) is 4.74 Å². The van der Waals surface area contributed by atoms with Gasteiger partial charge in [-0.05, 0) is 51.0 Å². The Kier molecular flexibility index (Phi) is 2.17. The first-order chi connectivity index (χ1) is 6.44. The van der Waals surface area contributed by atoms with Crippen LogP contribution in [0.1, 0.15) is 53.4 Å². The summed E-state index contributed by atoms with van der Waals surface area (Å²) in [6.45, 7) is 9.18. The van der Waals surface area contributed by atoms with Crippen molar-refractivity contribution in [2.75, 3.05) is 0 Å². The molecular formula is C13H22O. The molecule has 0 radical (unpaired) electrons. The molecule has 1 heteroatoms. The molecule has 14 heavy (non-hydrogen) atoms. The zero-order chi connectivity index (χ0) is 10.4. The molecular weight excluding hydrogens is 172 g/mol. The van der Waals surface area contributed by atoms with Crippen LogP contribution >= 0.6 is 0 Å². The molecule has 2 aliphatic rings. The Morgan fingerprint density at radius 2 is 2.00 bits per heavy atom. The minimum absolute atomic E-state index is 0.112. The maximum absolute atomic E-state index is 6.07. The van der Waals surface area contributed by atoms with E-state index in [9.17, 15) is 0 Å². The van der Waals surface area contributed by atoms with Gasteiger partial charge in [0.2, 0.25) is 0 Å².